The monoisotopic (exact) mass is 320 g/mol. The van der Waals surface area contributed by atoms with Crippen molar-refractivity contribution in [3.8, 4) is 12.3 Å². The van der Waals surface area contributed by atoms with E-state index in [1.54, 1.807) is 0 Å². The molecule has 0 amide bonds. The first-order valence-corrected chi connectivity index (χ1v) is 6.78. The molecule has 0 fully saturated rings. The third kappa shape index (κ3) is 3.19. The highest BCUT2D eigenvalue weighted by Crippen LogP contribution is 2.26. The summed E-state index contributed by atoms with van der Waals surface area (Å²) >= 11 is 3.00. The minimum Gasteiger partial charge on any atom is -0.398 e. The summed E-state index contributed by atoms with van der Waals surface area (Å²) in [4.78, 5) is -0.527. The third-order valence-corrected chi connectivity index (χ3v) is 4.17. The van der Waals surface area contributed by atoms with E-state index in [0.29, 0.717) is 4.47 Å². The van der Waals surface area contributed by atoms with E-state index >= 15 is 0 Å². The van der Waals surface area contributed by atoms with Crippen LogP contribution in [0.25, 0.3) is 0 Å². The maximum Gasteiger partial charge on any atom is 0.244 e. The lowest BCUT2D eigenvalue weighted by Gasteiger charge is -2.11. The number of hydrogen-bond acceptors (Lipinski definition) is 3. The van der Waals surface area contributed by atoms with Crippen molar-refractivity contribution in [3.05, 3.63) is 22.4 Å². The smallest absolute Gasteiger partial charge is 0.244 e. The van der Waals surface area contributed by atoms with Crippen LogP contribution in [0.1, 0.15) is 6.92 Å². The standard InChI is InChI=1S/C10H10BrFN2O2S/c1-3-6(2)14-17(15,16)10-5-9(13)7(11)4-8(10)12/h1,4-6,14H,13H2,2H3. The summed E-state index contributed by atoms with van der Waals surface area (Å²) in [5.41, 5.74) is 5.63. The number of nitrogens with one attached hydrogen (secondary N) is 1. The molecule has 0 aliphatic rings. The topological polar surface area (TPSA) is 72.2 Å². The highest BCUT2D eigenvalue weighted by molar-refractivity contribution is 9.10. The van der Waals surface area contributed by atoms with Crippen molar-refractivity contribution >= 4 is 31.6 Å². The van der Waals surface area contributed by atoms with Crippen LogP contribution in [0.5, 0.6) is 0 Å². The molecule has 0 aliphatic heterocycles. The van der Waals surface area contributed by atoms with Crippen LogP contribution in [-0.2, 0) is 10.0 Å². The molecule has 1 aromatic rings. The number of terminal acetylenes is 1. The number of halogens is 2. The van der Waals surface area contributed by atoms with Crippen LogP contribution in [-0.4, -0.2) is 14.5 Å². The molecule has 1 rings (SSSR count). The molecular formula is C10H10BrFN2O2S. The first-order chi connectivity index (χ1) is 7.77. The first kappa shape index (κ1) is 14.0. The zero-order chi connectivity index (χ0) is 13.2. The normalized spacial score (nSPS) is 13.1. The molecule has 7 heteroatoms. The second-order valence-electron chi connectivity index (χ2n) is 3.31. The average molecular weight is 321 g/mol. The molecule has 0 saturated heterocycles. The van der Waals surface area contributed by atoms with Gasteiger partial charge in [-0.3, -0.25) is 0 Å². The van der Waals surface area contributed by atoms with Gasteiger partial charge in [-0.2, -0.15) is 4.72 Å². The average Bonchev–Trinajstić information content (AvgIpc) is 2.22. The Morgan fingerprint density at radius 2 is 2.18 bits per heavy atom. The SMILES string of the molecule is C#CC(C)NS(=O)(=O)c1cc(N)c(Br)cc1F. The van der Waals surface area contributed by atoms with E-state index in [1.165, 1.54) is 6.92 Å². The molecule has 0 saturated carbocycles. The van der Waals surface area contributed by atoms with Gasteiger partial charge in [-0.1, -0.05) is 5.92 Å². The number of nitrogens with two attached hydrogens (primary N) is 1. The van der Waals surface area contributed by atoms with Crippen molar-refractivity contribution in [2.75, 3.05) is 5.73 Å². The van der Waals surface area contributed by atoms with Gasteiger partial charge in [0.05, 0.1) is 6.04 Å². The second kappa shape index (κ2) is 5.04. The number of hydrogen-bond donors (Lipinski definition) is 2. The molecule has 0 radical (unpaired) electrons. The molecular weight excluding hydrogens is 311 g/mol. The summed E-state index contributed by atoms with van der Waals surface area (Å²) in [6, 6.07) is 1.29. The van der Waals surface area contributed by atoms with Crippen LogP contribution in [0.15, 0.2) is 21.5 Å². The van der Waals surface area contributed by atoms with Gasteiger partial charge in [0.2, 0.25) is 10.0 Å². The first-order valence-electron chi connectivity index (χ1n) is 4.51. The van der Waals surface area contributed by atoms with Gasteiger partial charge in [-0.15, -0.1) is 6.42 Å². The van der Waals surface area contributed by atoms with E-state index in [0.717, 1.165) is 12.1 Å². The van der Waals surface area contributed by atoms with Gasteiger partial charge in [-0.25, -0.2) is 12.8 Å². The fourth-order valence-corrected chi connectivity index (χ4v) is 2.65. The van der Waals surface area contributed by atoms with Gasteiger partial charge < -0.3 is 5.73 Å². The molecule has 1 atom stereocenters. The summed E-state index contributed by atoms with van der Waals surface area (Å²) < 4.78 is 39.5. The van der Waals surface area contributed by atoms with E-state index < -0.39 is 26.8 Å². The summed E-state index contributed by atoms with van der Waals surface area (Å²) in [7, 11) is -4.01. The molecule has 3 N–H and O–H groups in total. The maximum absolute atomic E-state index is 13.5. The Kier molecular flexibility index (Phi) is 4.14. The zero-order valence-corrected chi connectivity index (χ0v) is 11.3. The summed E-state index contributed by atoms with van der Waals surface area (Å²) in [5, 5.41) is 0. The Morgan fingerprint density at radius 3 is 2.71 bits per heavy atom. The molecule has 0 aliphatic carbocycles. The van der Waals surface area contributed by atoms with Gasteiger partial charge in [0.25, 0.3) is 0 Å². The minimum absolute atomic E-state index is 0.125. The Morgan fingerprint density at radius 1 is 1.59 bits per heavy atom. The van der Waals surface area contributed by atoms with Crippen LogP contribution in [0.4, 0.5) is 10.1 Å². The van der Waals surface area contributed by atoms with Crippen molar-refractivity contribution in [3.63, 3.8) is 0 Å². The van der Waals surface area contributed by atoms with Gasteiger partial charge >= 0.3 is 0 Å². The van der Waals surface area contributed by atoms with E-state index in [-0.39, 0.29) is 5.69 Å². The van der Waals surface area contributed by atoms with Crippen molar-refractivity contribution in [2.24, 2.45) is 0 Å². The van der Waals surface area contributed by atoms with Gasteiger partial charge in [0.1, 0.15) is 10.7 Å². The Hall–Kier alpha value is -1.10. The summed E-state index contributed by atoms with van der Waals surface area (Å²) in [5.74, 6) is 1.28. The van der Waals surface area contributed by atoms with Gasteiger partial charge in [0, 0.05) is 10.2 Å². The van der Waals surface area contributed by atoms with Crippen molar-refractivity contribution < 1.29 is 12.8 Å². The number of anilines is 1. The molecule has 92 valence electrons. The second-order valence-corrected chi connectivity index (χ2v) is 5.85. The Labute approximate surface area is 108 Å². The highest BCUT2D eigenvalue weighted by Gasteiger charge is 2.21. The van der Waals surface area contributed by atoms with Crippen LogP contribution < -0.4 is 10.5 Å². The molecule has 17 heavy (non-hydrogen) atoms. The van der Waals surface area contributed by atoms with E-state index in [2.05, 4.69) is 26.6 Å². The van der Waals surface area contributed by atoms with Crippen LogP contribution in [0, 0.1) is 18.2 Å². The minimum atomic E-state index is -4.01. The van der Waals surface area contributed by atoms with Crippen molar-refractivity contribution in [1.82, 2.24) is 4.72 Å². The molecule has 4 nitrogen and oxygen atoms in total. The van der Waals surface area contributed by atoms with Crippen LogP contribution in [0.2, 0.25) is 0 Å². The lowest BCUT2D eigenvalue weighted by molar-refractivity contribution is 0.554. The van der Waals surface area contributed by atoms with E-state index in [1.807, 2.05) is 0 Å². The molecule has 0 heterocycles. The largest absolute Gasteiger partial charge is 0.398 e. The molecule has 1 unspecified atom stereocenters. The number of sulfonamides is 1. The van der Waals surface area contributed by atoms with E-state index in [9.17, 15) is 12.8 Å². The predicted octanol–water partition coefficient (Wildman–Crippen LogP) is 1.47. The Bertz CT molecular complexity index is 581. The van der Waals surface area contributed by atoms with Gasteiger partial charge in [0.15, 0.2) is 0 Å². The van der Waals surface area contributed by atoms with E-state index in [4.69, 9.17) is 12.2 Å². The van der Waals surface area contributed by atoms with Crippen molar-refractivity contribution in [2.45, 2.75) is 17.9 Å². The maximum atomic E-state index is 13.5. The van der Waals surface area contributed by atoms with Crippen molar-refractivity contribution in [1.29, 1.82) is 0 Å². The quantitative estimate of drug-likeness (QED) is 0.654. The molecule has 0 spiro atoms. The summed E-state index contributed by atoms with van der Waals surface area (Å²) in [6.07, 6.45) is 5.05. The fraction of sp³-hybridized carbons (Fsp3) is 0.200. The fourth-order valence-electron chi connectivity index (χ4n) is 1.08. The number of nitrogen functional groups attached to an aromatic ring is 1. The van der Waals surface area contributed by atoms with Crippen LogP contribution >= 0.6 is 15.9 Å². The molecule has 0 aromatic heterocycles. The predicted molar refractivity (Wildman–Crippen MR) is 67.1 cm³/mol. The third-order valence-electron chi connectivity index (χ3n) is 1.92. The lowest BCUT2D eigenvalue weighted by Crippen LogP contribution is -2.32. The molecule has 0 bridgehead atoms. The Balaban J connectivity index is 3.26. The van der Waals surface area contributed by atoms with Gasteiger partial charge in [-0.05, 0) is 35.0 Å². The zero-order valence-electron chi connectivity index (χ0n) is 8.87. The van der Waals surface area contributed by atoms with Crippen LogP contribution in [0.3, 0.4) is 0 Å². The molecule has 1 aromatic carbocycles. The number of benzene rings is 1. The lowest BCUT2D eigenvalue weighted by atomic mass is 10.3. The highest BCUT2D eigenvalue weighted by atomic mass is 79.9. The number of rotatable bonds is 3. The summed E-state index contributed by atoms with van der Waals surface area (Å²) in [6.45, 7) is 1.47.